The van der Waals surface area contributed by atoms with Gasteiger partial charge in [-0.25, -0.2) is 0 Å². The highest BCUT2D eigenvalue weighted by Gasteiger charge is 2.41. The van der Waals surface area contributed by atoms with Crippen LogP contribution in [0.1, 0.15) is 45.4 Å². The van der Waals surface area contributed by atoms with Crippen LogP contribution in [0.5, 0.6) is 0 Å². The summed E-state index contributed by atoms with van der Waals surface area (Å²) in [6.07, 6.45) is 5.20. The second kappa shape index (κ2) is 5.90. The summed E-state index contributed by atoms with van der Waals surface area (Å²) >= 11 is 0. The van der Waals surface area contributed by atoms with Crippen molar-refractivity contribution in [3.63, 3.8) is 0 Å². The molecule has 0 aromatic heterocycles. The van der Waals surface area contributed by atoms with Crippen molar-refractivity contribution in [3.05, 3.63) is 0 Å². The van der Waals surface area contributed by atoms with Crippen LogP contribution in [0.25, 0.3) is 0 Å². The van der Waals surface area contributed by atoms with Gasteiger partial charge in [-0.1, -0.05) is 26.2 Å². The summed E-state index contributed by atoms with van der Waals surface area (Å²) in [7, 11) is 0. The first-order valence-electron chi connectivity index (χ1n) is 7.13. The van der Waals surface area contributed by atoms with E-state index in [0.717, 1.165) is 25.7 Å². The molecule has 2 fully saturated rings. The number of rotatable bonds is 3. The molecule has 108 valence electrons. The highest BCUT2D eigenvalue weighted by molar-refractivity contribution is 5.83. The van der Waals surface area contributed by atoms with Gasteiger partial charge >= 0.3 is 5.97 Å². The number of carbonyl (C=O) groups is 2. The van der Waals surface area contributed by atoms with Crippen LogP contribution in [0.2, 0.25) is 0 Å². The lowest BCUT2D eigenvalue weighted by molar-refractivity contribution is -0.155. The molecule has 1 amide bonds. The van der Waals surface area contributed by atoms with Crippen molar-refractivity contribution < 1.29 is 19.4 Å². The zero-order valence-electron chi connectivity index (χ0n) is 11.6. The van der Waals surface area contributed by atoms with Gasteiger partial charge in [0.05, 0.1) is 25.7 Å². The van der Waals surface area contributed by atoms with E-state index in [1.165, 1.54) is 6.42 Å². The number of hydrogen-bond acceptors (Lipinski definition) is 3. The number of carboxylic acid groups (broad SMARTS) is 1. The molecule has 1 unspecified atom stereocenters. The largest absolute Gasteiger partial charge is 0.481 e. The third-order valence-electron chi connectivity index (χ3n) is 4.37. The van der Waals surface area contributed by atoms with E-state index < -0.39 is 5.97 Å². The molecule has 0 radical (unpaired) electrons. The molecule has 1 N–H and O–H groups in total. The maximum absolute atomic E-state index is 12.7. The molecule has 0 spiro atoms. The van der Waals surface area contributed by atoms with Gasteiger partial charge in [-0.2, -0.15) is 0 Å². The third kappa shape index (κ3) is 3.26. The van der Waals surface area contributed by atoms with Crippen LogP contribution in [0.15, 0.2) is 0 Å². The molecule has 1 heterocycles. The topological polar surface area (TPSA) is 66.8 Å². The van der Waals surface area contributed by atoms with Gasteiger partial charge in [0.1, 0.15) is 0 Å². The summed E-state index contributed by atoms with van der Waals surface area (Å²) in [5, 5.41) is 8.95. The quantitative estimate of drug-likeness (QED) is 0.846. The van der Waals surface area contributed by atoms with Crippen LogP contribution in [-0.2, 0) is 14.3 Å². The maximum Gasteiger partial charge on any atom is 0.305 e. The van der Waals surface area contributed by atoms with Crippen molar-refractivity contribution in [2.24, 2.45) is 5.41 Å². The summed E-state index contributed by atoms with van der Waals surface area (Å²) in [5.41, 5.74) is -0.299. The third-order valence-corrected chi connectivity index (χ3v) is 4.37. The number of morpholine rings is 1. The number of amides is 1. The molecule has 2 aliphatic rings. The van der Waals surface area contributed by atoms with E-state index in [2.05, 4.69) is 0 Å². The van der Waals surface area contributed by atoms with Gasteiger partial charge in [0.2, 0.25) is 5.91 Å². The Morgan fingerprint density at radius 1 is 1.32 bits per heavy atom. The van der Waals surface area contributed by atoms with E-state index in [4.69, 9.17) is 9.84 Å². The minimum Gasteiger partial charge on any atom is -0.481 e. The molecule has 2 rings (SSSR count). The van der Waals surface area contributed by atoms with Gasteiger partial charge in [-0.3, -0.25) is 9.59 Å². The monoisotopic (exact) mass is 269 g/mol. The smallest absolute Gasteiger partial charge is 0.305 e. The Bertz CT molecular complexity index is 349. The lowest BCUT2D eigenvalue weighted by Gasteiger charge is -2.42. The molecule has 0 aromatic rings. The minimum absolute atomic E-state index is 0.0260. The molecule has 0 aromatic carbocycles. The fourth-order valence-electron chi connectivity index (χ4n) is 3.19. The molecule has 1 saturated carbocycles. The van der Waals surface area contributed by atoms with E-state index in [9.17, 15) is 9.59 Å². The Morgan fingerprint density at radius 2 is 2.00 bits per heavy atom. The lowest BCUT2D eigenvalue weighted by Crippen LogP contribution is -2.54. The van der Waals surface area contributed by atoms with Crippen molar-refractivity contribution in [2.75, 3.05) is 19.8 Å². The van der Waals surface area contributed by atoms with Gasteiger partial charge in [0.15, 0.2) is 0 Å². The highest BCUT2D eigenvalue weighted by atomic mass is 16.5. The van der Waals surface area contributed by atoms with Crippen molar-refractivity contribution >= 4 is 11.9 Å². The van der Waals surface area contributed by atoms with E-state index in [1.54, 1.807) is 4.90 Å². The van der Waals surface area contributed by atoms with E-state index in [-0.39, 0.29) is 23.8 Å². The van der Waals surface area contributed by atoms with Crippen LogP contribution in [-0.4, -0.2) is 47.7 Å². The summed E-state index contributed by atoms with van der Waals surface area (Å²) in [6, 6.07) is -0.308. The molecule has 5 nitrogen and oxygen atoms in total. The predicted octanol–water partition coefficient (Wildman–Crippen LogP) is 1.66. The van der Waals surface area contributed by atoms with Gasteiger partial charge in [-0.15, -0.1) is 0 Å². The zero-order valence-corrected chi connectivity index (χ0v) is 11.6. The Morgan fingerprint density at radius 3 is 2.63 bits per heavy atom. The minimum atomic E-state index is -0.873. The molecule has 1 atom stereocenters. The fourth-order valence-corrected chi connectivity index (χ4v) is 3.19. The first kappa shape index (κ1) is 14.3. The first-order chi connectivity index (χ1) is 9.03. The number of hydrogen-bond donors (Lipinski definition) is 1. The van der Waals surface area contributed by atoms with Crippen molar-refractivity contribution in [3.8, 4) is 0 Å². The van der Waals surface area contributed by atoms with Crippen molar-refractivity contribution in [2.45, 2.75) is 51.5 Å². The molecule has 1 aliphatic heterocycles. The van der Waals surface area contributed by atoms with Crippen LogP contribution >= 0.6 is 0 Å². The number of carboxylic acids is 1. The molecular formula is C14H23NO4. The molecule has 5 heteroatoms. The second-order valence-corrected chi connectivity index (χ2v) is 5.95. The average molecular weight is 269 g/mol. The van der Waals surface area contributed by atoms with Gasteiger partial charge < -0.3 is 14.7 Å². The molecule has 0 bridgehead atoms. The Kier molecular flexibility index (Phi) is 4.45. The molecule has 1 aliphatic carbocycles. The summed E-state index contributed by atoms with van der Waals surface area (Å²) in [6.45, 7) is 3.40. The number of nitrogens with zero attached hydrogens (tertiary/aromatic N) is 1. The molecular weight excluding hydrogens is 246 g/mol. The van der Waals surface area contributed by atoms with Gasteiger partial charge in [-0.05, 0) is 12.8 Å². The Labute approximate surface area is 113 Å². The highest BCUT2D eigenvalue weighted by Crippen LogP contribution is 2.38. The Balaban J connectivity index is 2.08. The van der Waals surface area contributed by atoms with E-state index in [1.807, 2.05) is 6.92 Å². The zero-order chi connectivity index (χ0) is 13.9. The average Bonchev–Trinajstić information content (AvgIpc) is 2.39. The van der Waals surface area contributed by atoms with E-state index in [0.29, 0.717) is 19.8 Å². The lowest BCUT2D eigenvalue weighted by atomic mass is 9.74. The standard InChI is InChI=1S/C14H23NO4/c1-14(5-3-2-4-6-14)13(18)15-7-8-19-10-11(15)9-12(16)17/h11H,2-10H2,1H3,(H,16,17). The number of carbonyl (C=O) groups excluding carboxylic acids is 1. The van der Waals surface area contributed by atoms with Crippen molar-refractivity contribution in [1.82, 2.24) is 4.90 Å². The normalized spacial score (nSPS) is 27.0. The van der Waals surface area contributed by atoms with Crippen LogP contribution < -0.4 is 0 Å². The van der Waals surface area contributed by atoms with Crippen molar-refractivity contribution in [1.29, 1.82) is 0 Å². The molecule has 19 heavy (non-hydrogen) atoms. The second-order valence-electron chi connectivity index (χ2n) is 5.95. The molecule has 1 saturated heterocycles. The summed E-state index contributed by atoms with van der Waals surface area (Å²) in [4.78, 5) is 25.4. The van der Waals surface area contributed by atoms with Crippen LogP contribution in [0.3, 0.4) is 0 Å². The first-order valence-corrected chi connectivity index (χ1v) is 7.13. The fraction of sp³-hybridized carbons (Fsp3) is 0.857. The maximum atomic E-state index is 12.7. The van der Waals surface area contributed by atoms with Crippen LogP contribution in [0.4, 0.5) is 0 Å². The summed E-state index contributed by atoms with van der Waals surface area (Å²) < 4.78 is 5.33. The van der Waals surface area contributed by atoms with Gasteiger partial charge in [0.25, 0.3) is 0 Å². The van der Waals surface area contributed by atoms with Crippen LogP contribution in [0, 0.1) is 5.41 Å². The SMILES string of the molecule is CC1(C(=O)N2CCOCC2CC(=O)O)CCCCC1. The number of ether oxygens (including phenoxy) is 1. The predicted molar refractivity (Wildman–Crippen MR) is 69.8 cm³/mol. The summed E-state index contributed by atoms with van der Waals surface area (Å²) in [5.74, 6) is -0.746. The van der Waals surface area contributed by atoms with Gasteiger partial charge in [0, 0.05) is 12.0 Å². The Hall–Kier alpha value is -1.10. The van der Waals surface area contributed by atoms with E-state index >= 15 is 0 Å². The number of aliphatic carboxylic acids is 1.